The molecule has 0 bridgehead atoms. The summed E-state index contributed by atoms with van der Waals surface area (Å²) in [6.07, 6.45) is 6.77. The Labute approximate surface area is 267 Å². The summed E-state index contributed by atoms with van der Waals surface area (Å²) in [5.74, 6) is -6.08. The average molecular weight is 638 g/mol. The number of piperidine rings is 1. The zero-order valence-electron chi connectivity index (χ0n) is 25.0. The molecule has 3 aromatic rings. The van der Waals surface area contributed by atoms with Gasteiger partial charge in [0.2, 0.25) is 5.78 Å². The van der Waals surface area contributed by atoms with Gasteiger partial charge in [0, 0.05) is 35.3 Å². The fourth-order valence-electron chi connectivity index (χ4n) is 5.90. The van der Waals surface area contributed by atoms with E-state index in [1.807, 2.05) is 0 Å². The van der Waals surface area contributed by atoms with Gasteiger partial charge in [0.25, 0.3) is 11.8 Å². The second kappa shape index (κ2) is 14.5. The van der Waals surface area contributed by atoms with E-state index in [2.05, 4.69) is 5.32 Å². The summed E-state index contributed by atoms with van der Waals surface area (Å²) in [5, 5.41) is 2.64. The molecule has 1 saturated carbocycles. The highest BCUT2D eigenvalue weighted by Gasteiger charge is 2.49. The van der Waals surface area contributed by atoms with Crippen LogP contribution in [-0.4, -0.2) is 54.3 Å². The van der Waals surface area contributed by atoms with Crippen LogP contribution in [0, 0.1) is 5.92 Å². The molecular formula is C35H38ClF2N3O4. The summed E-state index contributed by atoms with van der Waals surface area (Å²) in [7, 11) is 0. The van der Waals surface area contributed by atoms with Gasteiger partial charge < -0.3 is 20.7 Å². The summed E-state index contributed by atoms with van der Waals surface area (Å²) in [6, 6.07) is 16.0. The lowest BCUT2D eigenvalue weighted by atomic mass is 9.90. The highest BCUT2D eigenvalue weighted by molar-refractivity contribution is 6.43. The fourth-order valence-corrected chi connectivity index (χ4v) is 6.03. The van der Waals surface area contributed by atoms with Crippen LogP contribution in [0.15, 0.2) is 72.8 Å². The molecule has 0 aromatic heterocycles. The predicted molar refractivity (Wildman–Crippen MR) is 169 cm³/mol. The summed E-state index contributed by atoms with van der Waals surface area (Å²) in [6.45, 7) is 0.928. The van der Waals surface area contributed by atoms with Crippen molar-refractivity contribution in [2.45, 2.75) is 63.0 Å². The molecule has 2 aliphatic rings. The number of halogens is 3. The van der Waals surface area contributed by atoms with E-state index in [0.29, 0.717) is 41.7 Å². The number of nitrogens with zero attached hydrogens (tertiary/aromatic N) is 1. The minimum atomic E-state index is -3.83. The SMILES string of the molecule is NC1CCN(C(=O)[C@H](NC(=O)C(=O)c2ccc(OCC3CCCCC3)cc2)C(F)(F)c2ccc(-c3ccc(Cl)cc3)cc2)CC1. The van der Waals surface area contributed by atoms with Crippen molar-refractivity contribution in [1.29, 1.82) is 0 Å². The second-order valence-corrected chi connectivity index (χ2v) is 12.4. The Morgan fingerprint density at radius 2 is 1.44 bits per heavy atom. The van der Waals surface area contributed by atoms with Crippen molar-refractivity contribution >= 4 is 29.2 Å². The van der Waals surface area contributed by atoms with Gasteiger partial charge in [0.15, 0.2) is 6.04 Å². The first-order valence-electron chi connectivity index (χ1n) is 15.5. The Morgan fingerprint density at radius 3 is 2.04 bits per heavy atom. The lowest BCUT2D eigenvalue weighted by Crippen LogP contribution is -2.59. The number of carbonyl (C=O) groups excluding carboxylic acids is 3. The molecule has 2 fully saturated rings. The first-order chi connectivity index (χ1) is 21.6. The molecule has 45 heavy (non-hydrogen) atoms. The maximum Gasteiger partial charge on any atom is 0.302 e. The van der Waals surface area contributed by atoms with E-state index >= 15 is 8.78 Å². The van der Waals surface area contributed by atoms with Gasteiger partial charge in [-0.1, -0.05) is 67.3 Å². The number of rotatable bonds is 10. The molecule has 5 rings (SSSR count). The Balaban J connectivity index is 1.32. The molecular weight excluding hydrogens is 600 g/mol. The van der Waals surface area contributed by atoms with Gasteiger partial charge in [0.1, 0.15) is 5.75 Å². The van der Waals surface area contributed by atoms with Crippen molar-refractivity contribution in [2.75, 3.05) is 19.7 Å². The summed E-state index contributed by atoms with van der Waals surface area (Å²) in [4.78, 5) is 41.0. The fraction of sp³-hybridized carbons (Fsp3) is 0.400. The van der Waals surface area contributed by atoms with Gasteiger partial charge in [-0.2, -0.15) is 8.78 Å². The van der Waals surface area contributed by atoms with Crippen LogP contribution in [0.1, 0.15) is 60.9 Å². The summed E-state index contributed by atoms with van der Waals surface area (Å²) >= 11 is 5.96. The Morgan fingerprint density at radius 1 is 0.867 bits per heavy atom. The molecule has 1 atom stereocenters. The molecule has 7 nitrogen and oxygen atoms in total. The highest BCUT2D eigenvalue weighted by atomic mass is 35.5. The molecule has 2 amide bonds. The van der Waals surface area contributed by atoms with Crippen LogP contribution < -0.4 is 15.8 Å². The van der Waals surface area contributed by atoms with Gasteiger partial charge in [-0.15, -0.1) is 0 Å². The number of benzene rings is 3. The molecule has 0 unspecified atom stereocenters. The lowest BCUT2D eigenvalue weighted by Gasteiger charge is -2.35. The summed E-state index contributed by atoms with van der Waals surface area (Å²) < 4.78 is 38.2. The first kappa shape index (κ1) is 32.6. The summed E-state index contributed by atoms with van der Waals surface area (Å²) in [5.41, 5.74) is 6.93. The van der Waals surface area contributed by atoms with Gasteiger partial charge in [-0.25, -0.2) is 0 Å². The van der Waals surface area contributed by atoms with Crippen LogP contribution in [0.2, 0.25) is 5.02 Å². The van der Waals surface area contributed by atoms with Crippen LogP contribution in [-0.2, 0) is 15.5 Å². The zero-order chi connectivity index (χ0) is 32.0. The van der Waals surface area contributed by atoms with Crippen molar-refractivity contribution in [3.8, 4) is 16.9 Å². The number of nitrogens with two attached hydrogens (primary N) is 1. The molecule has 3 aromatic carbocycles. The number of alkyl halides is 2. The molecule has 10 heteroatoms. The monoisotopic (exact) mass is 637 g/mol. The quantitative estimate of drug-likeness (QED) is 0.199. The lowest BCUT2D eigenvalue weighted by molar-refractivity contribution is -0.149. The van der Waals surface area contributed by atoms with Gasteiger partial charge in [-0.05, 0) is 79.1 Å². The van der Waals surface area contributed by atoms with E-state index < -0.39 is 35.1 Å². The molecule has 0 radical (unpaired) electrons. The molecule has 1 saturated heterocycles. The van der Waals surface area contributed by atoms with Crippen molar-refractivity contribution < 1.29 is 27.9 Å². The zero-order valence-corrected chi connectivity index (χ0v) is 25.8. The van der Waals surface area contributed by atoms with Gasteiger partial charge in [0.05, 0.1) is 6.61 Å². The number of amides is 2. The molecule has 0 spiro atoms. The Kier molecular flexibility index (Phi) is 10.5. The van der Waals surface area contributed by atoms with E-state index in [1.54, 1.807) is 36.4 Å². The highest BCUT2D eigenvalue weighted by Crippen LogP contribution is 2.35. The van der Waals surface area contributed by atoms with Crippen LogP contribution >= 0.6 is 11.6 Å². The van der Waals surface area contributed by atoms with Crippen LogP contribution in [0.4, 0.5) is 8.78 Å². The van der Waals surface area contributed by atoms with Crippen molar-refractivity contribution in [1.82, 2.24) is 10.2 Å². The Bertz CT molecular complexity index is 1470. The standard InChI is InChI=1S/C35H38ClF2N3O4/c36-28-14-8-25(9-15-28)24-6-12-27(13-7-24)35(37,38)32(34(44)41-20-18-29(39)19-21-41)40-33(43)31(42)26-10-16-30(17-11-26)45-22-23-4-2-1-3-5-23/h6-17,23,29,32H,1-5,18-22,39H2,(H,40,43)/t32-/m0/s1. The number of likely N-dealkylation sites (tertiary alicyclic amines) is 1. The topological polar surface area (TPSA) is 102 Å². The van der Waals surface area contributed by atoms with Crippen molar-refractivity contribution in [3.05, 3.63) is 88.9 Å². The van der Waals surface area contributed by atoms with E-state index in [9.17, 15) is 14.4 Å². The molecule has 3 N–H and O–H groups in total. The molecule has 1 heterocycles. The van der Waals surface area contributed by atoms with Gasteiger partial charge >= 0.3 is 5.92 Å². The normalized spacial score (nSPS) is 17.0. The number of hydrogen-bond donors (Lipinski definition) is 2. The molecule has 238 valence electrons. The third-order valence-corrected chi connectivity index (χ3v) is 8.97. The minimum Gasteiger partial charge on any atom is -0.493 e. The van der Waals surface area contributed by atoms with E-state index in [4.69, 9.17) is 22.1 Å². The predicted octanol–water partition coefficient (Wildman–Crippen LogP) is 6.38. The van der Waals surface area contributed by atoms with Crippen LogP contribution in [0.3, 0.4) is 0 Å². The number of nitrogens with one attached hydrogen (secondary N) is 1. The van der Waals surface area contributed by atoms with Crippen molar-refractivity contribution in [2.24, 2.45) is 11.7 Å². The third kappa shape index (κ3) is 8.07. The second-order valence-electron chi connectivity index (χ2n) is 11.9. The van der Waals surface area contributed by atoms with E-state index in [1.165, 1.54) is 60.6 Å². The van der Waals surface area contributed by atoms with E-state index in [-0.39, 0.29) is 24.7 Å². The number of ketones is 1. The van der Waals surface area contributed by atoms with Crippen LogP contribution in [0.5, 0.6) is 5.75 Å². The molecule has 1 aliphatic carbocycles. The van der Waals surface area contributed by atoms with Crippen LogP contribution in [0.25, 0.3) is 11.1 Å². The number of carbonyl (C=O) groups is 3. The molecule has 1 aliphatic heterocycles. The first-order valence-corrected chi connectivity index (χ1v) is 15.9. The number of Topliss-reactive ketones (excluding diaryl/α,β-unsaturated/α-hetero) is 1. The van der Waals surface area contributed by atoms with Crippen molar-refractivity contribution in [3.63, 3.8) is 0 Å². The average Bonchev–Trinajstić information content (AvgIpc) is 3.07. The minimum absolute atomic E-state index is 0.00305. The van der Waals surface area contributed by atoms with E-state index in [0.717, 1.165) is 18.4 Å². The Hall–Kier alpha value is -3.82. The third-order valence-electron chi connectivity index (χ3n) is 8.72. The number of hydrogen-bond acceptors (Lipinski definition) is 5. The maximum absolute atomic E-state index is 16.2. The number of ether oxygens (including phenoxy) is 1. The van der Waals surface area contributed by atoms with Gasteiger partial charge in [-0.3, -0.25) is 14.4 Å². The maximum atomic E-state index is 16.2. The smallest absolute Gasteiger partial charge is 0.302 e. The largest absolute Gasteiger partial charge is 0.493 e.